The van der Waals surface area contributed by atoms with E-state index in [1.807, 2.05) is 18.4 Å². The Labute approximate surface area is 126 Å². The zero-order chi connectivity index (χ0) is 16.7. The maximum atomic E-state index is 12.9. The second-order valence-electron chi connectivity index (χ2n) is 5.83. The average molecular weight is 313 g/mol. The van der Waals surface area contributed by atoms with E-state index in [1.165, 1.54) is 6.07 Å². The maximum Gasteiger partial charge on any atom is 0.416 e. The van der Waals surface area contributed by atoms with Crippen LogP contribution in [0.25, 0.3) is 10.9 Å². The average Bonchev–Trinajstić information content (AvgIpc) is 2.76. The van der Waals surface area contributed by atoms with Crippen LogP contribution in [0.5, 0.6) is 0 Å². The highest BCUT2D eigenvalue weighted by Gasteiger charge is 2.31. The second kappa shape index (κ2) is 5.66. The van der Waals surface area contributed by atoms with E-state index in [2.05, 4.69) is 0 Å². The summed E-state index contributed by atoms with van der Waals surface area (Å²) in [5, 5.41) is 9.50. The number of benzene rings is 1. The number of nitrogens with zero attached hydrogens (tertiary/aromatic N) is 1. The molecule has 1 heterocycles. The van der Waals surface area contributed by atoms with Crippen LogP contribution in [-0.4, -0.2) is 15.6 Å². The third kappa shape index (κ3) is 3.10. The van der Waals surface area contributed by atoms with Crippen LogP contribution < -0.4 is 0 Å². The number of rotatable bonds is 4. The summed E-state index contributed by atoms with van der Waals surface area (Å²) in [5.41, 5.74) is 0.603. The molecule has 0 aliphatic carbocycles. The Balaban J connectivity index is 2.60. The van der Waals surface area contributed by atoms with Crippen LogP contribution in [0.2, 0.25) is 0 Å². The monoisotopic (exact) mass is 313 g/mol. The largest absolute Gasteiger partial charge is 0.481 e. The first kappa shape index (κ1) is 16.4. The second-order valence-corrected chi connectivity index (χ2v) is 5.83. The highest BCUT2D eigenvalue weighted by Crippen LogP contribution is 2.34. The molecule has 1 aromatic carbocycles. The molecule has 0 aliphatic rings. The molecule has 1 atom stereocenters. The lowest BCUT2D eigenvalue weighted by atomic mass is 10.00. The van der Waals surface area contributed by atoms with Gasteiger partial charge in [-0.05, 0) is 44.0 Å². The normalized spacial score (nSPS) is 13.8. The van der Waals surface area contributed by atoms with Gasteiger partial charge in [0.1, 0.15) is 0 Å². The van der Waals surface area contributed by atoms with Crippen molar-refractivity contribution < 1.29 is 23.1 Å². The fourth-order valence-electron chi connectivity index (χ4n) is 2.51. The molecule has 2 aromatic rings. The molecule has 1 unspecified atom stereocenters. The summed E-state index contributed by atoms with van der Waals surface area (Å²) in [6.07, 6.45) is -2.45. The Hall–Kier alpha value is -1.98. The first-order valence-electron chi connectivity index (χ1n) is 7.04. The lowest BCUT2D eigenvalue weighted by molar-refractivity contribution is -0.141. The van der Waals surface area contributed by atoms with Crippen molar-refractivity contribution in [2.45, 2.75) is 39.4 Å². The van der Waals surface area contributed by atoms with Gasteiger partial charge in [0.05, 0.1) is 11.5 Å². The van der Waals surface area contributed by atoms with E-state index in [0.717, 1.165) is 12.1 Å². The number of alkyl halides is 3. The van der Waals surface area contributed by atoms with E-state index in [9.17, 15) is 18.0 Å². The molecule has 0 radical (unpaired) electrons. The summed E-state index contributed by atoms with van der Waals surface area (Å²) < 4.78 is 40.6. The Morgan fingerprint density at radius 1 is 1.27 bits per heavy atom. The molecule has 0 saturated carbocycles. The minimum Gasteiger partial charge on any atom is -0.481 e. The summed E-state index contributed by atoms with van der Waals surface area (Å²) in [6.45, 7) is 5.41. The smallest absolute Gasteiger partial charge is 0.416 e. The third-order valence-electron chi connectivity index (χ3n) is 3.75. The Morgan fingerprint density at radius 2 is 1.91 bits per heavy atom. The zero-order valence-electron chi connectivity index (χ0n) is 12.6. The van der Waals surface area contributed by atoms with Crippen molar-refractivity contribution in [2.24, 2.45) is 5.92 Å². The van der Waals surface area contributed by atoms with Gasteiger partial charge >= 0.3 is 12.1 Å². The predicted molar refractivity (Wildman–Crippen MR) is 77.8 cm³/mol. The van der Waals surface area contributed by atoms with Crippen LogP contribution in [0.3, 0.4) is 0 Å². The molecule has 6 heteroatoms. The summed E-state index contributed by atoms with van der Waals surface area (Å²) in [6, 6.07) is 3.70. The molecule has 3 nitrogen and oxygen atoms in total. The first-order valence-corrected chi connectivity index (χ1v) is 7.04. The number of carboxylic acids is 1. The highest BCUT2D eigenvalue weighted by atomic mass is 19.4. The van der Waals surface area contributed by atoms with Gasteiger partial charge in [0, 0.05) is 23.1 Å². The van der Waals surface area contributed by atoms with Gasteiger partial charge in [0.15, 0.2) is 0 Å². The summed E-state index contributed by atoms with van der Waals surface area (Å²) in [4.78, 5) is 11.0. The number of hydrogen-bond donors (Lipinski definition) is 1. The molecule has 0 aliphatic heterocycles. The van der Waals surface area contributed by atoms with E-state index in [0.29, 0.717) is 16.5 Å². The molecule has 120 valence electrons. The van der Waals surface area contributed by atoms with Crippen LogP contribution >= 0.6 is 0 Å². The minimum absolute atomic E-state index is 0.0770. The molecule has 0 bridgehead atoms. The Morgan fingerprint density at radius 3 is 2.41 bits per heavy atom. The quantitative estimate of drug-likeness (QED) is 0.902. The predicted octanol–water partition coefficient (Wildman–Crippen LogP) is 4.50. The van der Waals surface area contributed by atoms with Gasteiger partial charge in [-0.15, -0.1) is 0 Å². The van der Waals surface area contributed by atoms with Crippen LogP contribution in [-0.2, 0) is 17.4 Å². The van der Waals surface area contributed by atoms with Crippen molar-refractivity contribution in [2.75, 3.05) is 0 Å². The molecule has 0 saturated heterocycles. The van der Waals surface area contributed by atoms with E-state index in [4.69, 9.17) is 5.11 Å². The molecule has 0 amide bonds. The SMILES string of the molecule is CC(Cc1cn(C(C)C)c2ccc(C(F)(F)F)cc12)C(=O)O. The Bertz CT molecular complexity index is 701. The third-order valence-corrected chi connectivity index (χ3v) is 3.75. The van der Waals surface area contributed by atoms with Crippen molar-refractivity contribution in [3.8, 4) is 0 Å². The lowest BCUT2D eigenvalue weighted by Gasteiger charge is -2.10. The fourth-order valence-corrected chi connectivity index (χ4v) is 2.51. The topological polar surface area (TPSA) is 42.2 Å². The van der Waals surface area contributed by atoms with Crippen molar-refractivity contribution in [3.05, 3.63) is 35.5 Å². The van der Waals surface area contributed by atoms with Crippen LogP contribution in [0.4, 0.5) is 13.2 Å². The zero-order valence-corrected chi connectivity index (χ0v) is 12.6. The molecule has 1 N–H and O–H groups in total. The summed E-state index contributed by atoms with van der Waals surface area (Å²) >= 11 is 0. The van der Waals surface area contributed by atoms with Gasteiger partial charge in [-0.2, -0.15) is 13.2 Å². The van der Waals surface area contributed by atoms with Gasteiger partial charge in [-0.25, -0.2) is 0 Å². The fraction of sp³-hybridized carbons (Fsp3) is 0.438. The van der Waals surface area contributed by atoms with Gasteiger partial charge in [0.2, 0.25) is 0 Å². The van der Waals surface area contributed by atoms with E-state index in [-0.39, 0.29) is 12.5 Å². The summed E-state index contributed by atoms with van der Waals surface area (Å²) in [7, 11) is 0. The van der Waals surface area contributed by atoms with Crippen LogP contribution in [0.15, 0.2) is 24.4 Å². The molecule has 0 spiro atoms. The van der Waals surface area contributed by atoms with Gasteiger partial charge in [0.25, 0.3) is 0 Å². The number of carboxylic acid groups (broad SMARTS) is 1. The molecule has 22 heavy (non-hydrogen) atoms. The minimum atomic E-state index is -4.41. The van der Waals surface area contributed by atoms with E-state index >= 15 is 0 Å². The molecule has 1 aromatic heterocycles. The number of fused-ring (bicyclic) bond motifs is 1. The standard InChI is InChI=1S/C16H18F3NO2/c1-9(2)20-8-11(6-10(3)15(21)22)13-7-12(16(17,18)19)4-5-14(13)20/h4-5,7-10H,6H2,1-3H3,(H,21,22). The lowest BCUT2D eigenvalue weighted by Crippen LogP contribution is -2.12. The van der Waals surface area contributed by atoms with Crippen LogP contribution in [0, 0.1) is 5.92 Å². The number of aromatic nitrogens is 1. The van der Waals surface area contributed by atoms with Gasteiger partial charge in [-0.1, -0.05) is 6.92 Å². The maximum absolute atomic E-state index is 12.9. The van der Waals surface area contributed by atoms with Crippen molar-refractivity contribution in [1.29, 1.82) is 0 Å². The first-order chi connectivity index (χ1) is 10.1. The molecule has 0 fully saturated rings. The van der Waals surface area contributed by atoms with Crippen molar-refractivity contribution in [3.63, 3.8) is 0 Å². The van der Waals surface area contributed by atoms with Crippen molar-refractivity contribution in [1.82, 2.24) is 4.57 Å². The van der Waals surface area contributed by atoms with E-state index in [1.54, 1.807) is 13.1 Å². The van der Waals surface area contributed by atoms with E-state index < -0.39 is 23.6 Å². The number of aliphatic carboxylic acids is 1. The molecule has 2 rings (SSSR count). The number of hydrogen-bond acceptors (Lipinski definition) is 1. The number of carbonyl (C=O) groups is 1. The van der Waals surface area contributed by atoms with Crippen molar-refractivity contribution >= 4 is 16.9 Å². The summed E-state index contributed by atoms with van der Waals surface area (Å²) in [5.74, 6) is -1.61. The molecular weight excluding hydrogens is 295 g/mol. The Kier molecular flexibility index (Phi) is 4.22. The molecular formula is C16H18F3NO2. The highest BCUT2D eigenvalue weighted by molar-refractivity contribution is 5.85. The van der Waals surface area contributed by atoms with Gasteiger partial charge < -0.3 is 9.67 Å². The van der Waals surface area contributed by atoms with Crippen LogP contribution in [0.1, 0.15) is 37.9 Å². The van der Waals surface area contributed by atoms with Gasteiger partial charge in [-0.3, -0.25) is 4.79 Å². The number of halogens is 3.